The Kier molecular flexibility index (Phi) is 4.22. The first kappa shape index (κ1) is 13.7. The van der Waals surface area contributed by atoms with Gasteiger partial charge in [-0.25, -0.2) is 8.42 Å². The van der Waals surface area contributed by atoms with Crippen molar-refractivity contribution in [3.63, 3.8) is 0 Å². The first-order valence-corrected chi connectivity index (χ1v) is 8.50. The van der Waals surface area contributed by atoms with Crippen LogP contribution in [0, 0.1) is 0 Å². The van der Waals surface area contributed by atoms with Crippen molar-refractivity contribution in [1.82, 2.24) is 0 Å². The summed E-state index contributed by atoms with van der Waals surface area (Å²) in [5.74, 6) is 0. The minimum Gasteiger partial charge on any atom is -0.212 e. The molecule has 2 aromatic carbocycles. The summed E-state index contributed by atoms with van der Waals surface area (Å²) in [6, 6.07) is 12.9. The van der Waals surface area contributed by atoms with Crippen LogP contribution >= 0.6 is 34.0 Å². The molecule has 0 aliphatic carbocycles. The second-order valence-electron chi connectivity index (χ2n) is 3.45. The molecule has 6 heteroatoms. The molecular formula is C12H8Cl2O2S2. The van der Waals surface area contributed by atoms with E-state index in [1.165, 1.54) is 12.1 Å². The molecule has 2 nitrogen and oxygen atoms in total. The molecule has 0 aromatic heterocycles. The van der Waals surface area contributed by atoms with E-state index in [0.717, 1.165) is 10.8 Å². The van der Waals surface area contributed by atoms with Gasteiger partial charge in [-0.3, -0.25) is 0 Å². The second kappa shape index (κ2) is 5.53. The Balaban J connectivity index is 2.33. The van der Waals surface area contributed by atoms with Crippen LogP contribution in [0.5, 0.6) is 0 Å². The number of rotatable bonds is 3. The standard InChI is InChI=1S/C12H8Cl2O2S2/c13-9-3-1-5-11(7-9)17-18(15,16)12-6-2-4-10(14)8-12/h1-8H. The third-order valence-corrected chi connectivity index (χ3v) is 5.87. The van der Waals surface area contributed by atoms with Crippen molar-refractivity contribution >= 4 is 42.9 Å². The molecule has 2 aromatic rings. The van der Waals surface area contributed by atoms with E-state index in [1.807, 2.05) is 0 Å². The number of halogens is 2. The minimum atomic E-state index is -3.48. The van der Waals surface area contributed by atoms with Crippen LogP contribution in [0.1, 0.15) is 0 Å². The first-order valence-electron chi connectivity index (χ1n) is 4.93. The van der Waals surface area contributed by atoms with E-state index in [0.29, 0.717) is 14.9 Å². The summed E-state index contributed by atoms with van der Waals surface area (Å²) in [6.07, 6.45) is 0. The Hall–Kier alpha value is -0.680. The van der Waals surface area contributed by atoms with Crippen LogP contribution in [0.3, 0.4) is 0 Å². The highest BCUT2D eigenvalue weighted by Crippen LogP contribution is 2.32. The lowest BCUT2D eigenvalue weighted by Crippen LogP contribution is -1.94. The quantitative estimate of drug-likeness (QED) is 0.783. The molecule has 0 saturated carbocycles. The lowest BCUT2D eigenvalue weighted by atomic mass is 10.4. The average molecular weight is 319 g/mol. The molecule has 94 valence electrons. The molecule has 0 fully saturated rings. The first-order chi connectivity index (χ1) is 8.47. The van der Waals surface area contributed by atoms with Gasteiger partial charge in [0.1, 0.15) is 0 Å². The Morgan fingerprint density at radius 1 is 0.889 bits per heavy atom. The highest BCUT2D eigenvalue weighted by molar-refractivity contribution is 8.72. The maximum atomic E-state index is 12.1. The molecule has 0 saturated heterocycles. The molecule has 0 radical (unpaired) electrons. The monoisotopic (exact) mass is 318 g/mol. The van der Waals surface area contributed by atoms with Crippen molar-refractivity contribution in [2.75, 3.05) is 0 Å². The third-order valence-electron chi connectivity index (χ3n) is 2.09. The van der Waals surface area contributed by atoms with Gasteiger partial charge in [0, 0.05) is 25.7 Å². The van der Waals surface area contributed by atoms with Crippen LogP contribution in [0.2, 0.25) is 10.0 Å². The summed E-state index contributed by atoms with van der Waals surface area (Å²) in [5.41, 5.74) is 0. The third kappa shape index (κ3) is 3.42. The number of hydrogen-bond donors (Lipinski definition) is 0. The van der Waals surface area contributed by atoms with Gasteiger partial charge in [0.25, 0.3) is 0 Å². The van der Waals surface area contributed by atoms with Crippen molar-refractivity contribution in [1.29, 1.82) is 0 Å². The number of hydrogen-bond acceptors (Lipinski definition) is 3. The van der Waals surface area contributed by atoms with Crippen LogP contribution in [0.15, 0.2) is 58.3 Å². The fraction of sp³-hybridized carbons (Fsp3) is 0. The Labute approximate surface area is 119 Å². The van der Waals surface area contributed by atoms with Crippen LogP contribution in [-0.2, 0) is 8.87 Å². The van der Waals surface area contributed by atoms with E-state index < -0.39 is 8.87 Å². The zero-order chi connectivity index (χ0) is 13.2. The molecule has 0 unspecified atom stereocenters. The van der Waals surface area contributed by atoms with Crippen LogP contribution in [-0.4, -0.2) is 8.42 Å². The zero-order valence-electron chi connectivity index (χ0n) is 9.01. The van der Waals surface area contributed by atoms with Crippen molar-refractivity contribution < 1.29 is 8.42 Å². The lowest BCUT2D eigenvalue weighted by Gasteiger charge is -2.04. The molecule has 0 spiro atoms. The molecule has 0 amide bonds. The normalized spacial score (nSPS) is 11.4. The highest BCUT2D eigenvalue weighted by atomic mass is 35.5. The van der Waals surface area contributed by atoms with Gasteiger partial charge in [-0.05, 0) is 36.4 Å². The lowest BCUT2D eigenvalue weighted by molar-refractivity contribution is 0.610. The summed E-state index contributed by atoms with van der Waals surface area (Å²) < 4.78 is 24.3. The molecular weight excluding hydrogens is 311 g/mol. The number of benzene rings is 2. The van der Waals surface area contributed by atoms with Gasteiger partial charge >= 0.3 is 0 Å². The largest absolute Gasteiger partial charge is 0.234 e. The second-order valence-corrected chi connectivity index (χ2v) is 8.16. The predicted molar refractivity (Wildman–Crippen MR) is 75.9 cm³/mol. The van der Waals surface area contributed by atoms with Crippen molar-refractivity contribution in [3.05, 3.63) is 58.6 Å². The van der Waals surface area contributed by atoms with Crippen LogP contribution in [0.4, 0.5) is 0 Å². The van der Waals surface area contributed by atoms with Crippen LogP contribution < -0.4 is 0 Å². The van der Waals surface area contributed by atoms with Gasteiger partial charge in [-0.1, -0.05) is 35.3 Å². The minimum absolute atomic E-state index is 0.181. The van der Waals surface area contributed by atoms with Gasteiger partial charge in [-0.15, -0.1) is 0 Å². The van der Waals surface area contributed by atoms with Crippen LogP contribution in [0.25, 0.3) is 0 Å². The highest BCUT2D eigenvalue weighted by Gasteiger charge is 2.16. The van der Waals surface area contributed by atoms with E-state index in [9.17, 15) is 8.42 Å². The van der Waals surface area contributed by atoms with Crippen molar-refractivity contribution in [2.24, 2.45) is 0 Å². The zero-order valence-corrected chi connectivity index (χ0v) is 12.2. The summed E-state index contributed by atoms with van der Waals surface area (Å²) in [7, 11) is -2.73. The maximum absolute atomic E-state index is 12.1. The topological polar surface area (TPSA) is 34.1 Å². The smallest absolute Gasteiger partial charge is 0.212 e. The summed E-state index contributed by atoms with van der Waals surface area (Å²) in [4.78, 5) is 0.752. The average Bonchev–Trinajstić information content (AvgIpc) is 2.28. The summed E-state index contributed by atoms with van der Waals surface area (Å²) in [6.45, 7) is 0. The van der Waals surface area contributed by atoms with Gasteiger partial charge in [0.2, 0.25) is 8.87 Å². The molecule has 18 heavy (non-hydrogen) atoms. The Bertz CT molecular complexity index is 669. The van der Waals surface area contributed by atoms with E-state index in [1.54, 1.807) is 36.4 Å². The summed E-state index contributed by atoms with van der Waals surface area (Å²) in [5, 5.41) is 0.893. The van der Waals surface area contributed by atoms with E-state index in [4.69, 9.17) is 23.2 Å². The molecule has 0 aliphatic heterocycles. The van der Waals surface area contributed by atoms with Gasteiger partial charge < -0.3 is 0 Å². The summed E-state index contributed by atoms with van der Waals surface area (Å²) >= 11 is 11.6. The van der Waals surface area contributed by atoms with Gasteiger partial charge in [0.05, 0.1) is 4.90 Å². The SMILES string of the molecule is O=S(=O)(Sc1cccc(Cl)c1)c1cccc(Cl)c1. The molecule has 0 heterocycles. The van der Waals surface area contributed by atoms with Crippen molar-refractivity contribution in [2.45, 2.75) is 9.79 Å². The molecule has 0 atom stereocenters. The van der Waals surface area contributed by atoms with E-state index in [-0.39, 0.29) is 4.90 Å². The fourth-order valence-electron chi connectivity index (χ4n) is 1.32. The molecule has 0 N–H and O–H groups in total. The van der Waals surface area contributed by atoms with E-state index >= 15 is 0 Å². The Morgan fingerprint density at radius 3 is 2.11 bits per heavy atom. The van der Waals surface area contributed by atoms with E-state index in [2.05, 4.69) is 0 Å². The predicted octanol–water partition coefficient (Wildman–Crippen LogP) is 4.47. The Morgan fingerprint density at radius 2 is 1.50 bits per heavy atom. The fourth-order valence-corrected chi connectivity index (χ4v) is 4.67. The molecule has 0 bridgehead atoms. The van der Waals surface area contributed by atoms with Gasteiger partial charge in [0.15, 0.2) is 0 Å². The van der Waals surface area contributed by atoms with Gasteiger partial charge in [-0.2, -0.15) is 0 Å². The van der Waals surface area contributed by atoms with Crippen molar-refractivity contribution in [3.8, 4) is 0 Å². The maximum Gasteiger partial charge on any atom is 0.234 e. The molecule has 2 rings (SSSR count). The molecule has 0 aliphatic rings.